The molecular formula is C19H33NO7. The molecule has 2 rings (SSSR count). The fraction of sp³-hybridized carbons (Fsp3) is 0.895. The standard InChI is InChI=1S/C19H33NO7/c1-17(2)10-19(26,12(16(24)25)9-15(22)23)11-18(3,4)20(17)27-14-8-6-5-7-13(14)21/h12-14,21,26H,5-11H2,1-4H3,(H,22,23)(H,24,25). The van der Waals surface area contributed by atoms with Gasteiger partial charge in [-0.1, -0.05) is 12.8 Å². The molecule has 8 heteroatoms. The number of piperidine rings is 1. The van der Waals surface area contributed by atoms with Gasteiger partial charge in [-0.05, 0) is 53.4 Å². The van der Waals surface area contributed by atoms with Crippen LogP contribution < -0.4 is 0 Å². The number of rotatable bonds is 6. The van der Waals surface area contributed by atoms with Crippen molar-refractivity contribution in [2.75, 3.05) is 0 Å². The van der Waals surface area contributed by atoms with Crippen molar-refractivity contribution in [3.05, 3.63) is 0 Å². The summed E-state index contributed by atoms with van der Waals surface area (Å²) in [6.45, 7) is 7.36. The van der Waals surface area contributed by atoms with E-state index in [1.165, 1.54) is 0 Å². The van der Waals surface area contributed by atoms with Gasteiger partial charge < -0.3 is 20.4 Å². The fourth-order valence-electron chi connectivity index (χ4n) is 5.07. The zero-order valence-electron chi connectivity index (χ0n) is 16.6. The number of hydrogen-bond donors (Lipinski definition) is 4. The molecule has 0 aromatic rings. The molecule has 2 aliphatic rings. The van der Waals surface area contributed by atoms with Crippen LogP contribution in [0.15, 0.2) is 0 Å². The van der Waals surface area contributed by atoms with Crippen molar-refractivity contribution >= 4 is 11.9 Å². The summed E-state index contributed by atoms with van der Waals surface area (Å²) in [6.07, 6.45) is 1.94. The first-order valence-corrected chi connectivity index (χ1v) is 9.61. The molecule has 27 heavy (non-hydrogen) atoms. The Hall–Kier alpha value is -1.22. The number of aliphatic hydroxyl groups is 2. The minimum Gasteiger partial charge on any atom is -0.481 e. The predicted octanol–water partition coefficient (Wildman–Crippen LogP) is 1.78. The van der Waals surface area contributed by atoms with Crippen LogP contribution in [-0.4, -0.2) is 66.3 Å². The maximum atomic E-state index is 11.7. The van der Waals surface area contributed by atoms with Crippen molar-refractivity contribution in [1.82, 2.24) is 5.06 Å². The van der Waals surface area contributed by atoms with Crippen LogP contribution in [0.2, 0.25) is 0 Å². The van der Waals surface area contributed by atoms with Crippen LogP contribution in [0.5, 0.6) is 0 Å². The molecule has 4 N–H and O–H groups in total. The second kappa shape index (κ2) is 7.66. The average Bonchev–Trinajstić information content (AvgIpc) is 2.48. The largest absolute Gasteiger partial charge is 0.481 e. The van der Waals surface area contributed by atoms with Crippen LogP contribution in [0, 0.1) is 5.92 Å². The molecule has 2 fully saturated rings. The maximum absolute atomic E-state index is 11.7. The van der Waals surface area contributed by atoms with E-state index >= 15 is 0 Å². The molecule has 3 atom stereocenters. The minimum atomic E-state index is -1.68. The summed E-state index contributed by atoms with van der Waals surface area (Å²) in [5.41, 5.74) is -3.18. The van der Waals surface area contributed by atoms with Gasteiger partial charge in [0.15, 0.2) is 0 Å². The monoisotopic (exact) mass is 387 g/mol. The van der Waals surface area contributed by atoms with E-state index in [1.807, 2.05) is 27.7 Å². The molecule has 3 unspecified atom stereocenters. The van der Waals surface area contributed by atoms with Crippen LogP contribution >= 0.6 is 0 Å². The van der Waals surface area contributed by atoms with E-state index in [9.17, 15) is 24.9 Å². The summed E-state index contributed by atoms with van der Waals surface area (Å²) in [6, 6.07) is 0. The Morgan fingerprint density at radius 1 is 1.07 bits per heavy atom. The number of nitrogens with zero attached hydrogens (tertiary/aromatic N) is 1. The molecule has 0 aromatic heterocycles. The van der Waals surface area contributed by atoms with Gasteiger partial charge in [-0.2, -0.15) is 5.06 Å². The molecule has 0 aromatic carbocycles. The van der Waals surface area contributed by atoms with Crippen LogP contribution in [0.25, 0.3) is 0 Å². The van der Waals surface area contributed by atoms with Gasteiger partial charge in [-0.15, -0.1) is 0 Å². The van der Waals surface area contributed by atoms with Gasteiger partial charge >= 0.3 is 11.9 Å². The molecule has 1 aliphatic carbocycles. The molecule has 8 nitrogen and oxygen atoms in total. The van der Waals surface area contributed by atoms with E-state index < -0.39 is 47.1 Å². The van der Waals surface area contributed by atoms with Gasteiger partial charge in [0.05, 0.1) is 24.0 Å². The maximum Gasteiger partial charge on any atom is 0.310 e. The number of hydrogen-bond acceptors (Lipinski definition) is 6. The van der Waals surface area contributed by atoms with E-state index in [0.29, 0.717) is 6.42 Å². The van der Waals surface area contributed by atoms with Crippen molar-refractivity contribution in [2.45, 2.75) is 102 Å². The summed E-state index contributed by atoms with van der Waals surface area (Å²) in [5, 5.41) is 41.9. The number of aliphatic hydroxyl groups excluding tert-OH is 1. The Bertz CT molecular complexity index is 556. The lowest BCUT2D eigenvalue weighted by atomic mass is 9.66. The summed E-state index contributed by atoms with van der Waals surface area (Å²) in [5.74, 6) is -3.98. The number of carbonyl (C=O) groups is 2. The molecule has 0 amide bonds. The topological polar surface area (TPSA) is 128 Å². The molecule has 1 saturated carbocycles. The Kier molecular flexibility index (Phi) is 6.26. The van der Waals surface area contributed by atoms with Crippen LogP contribution in [-0.2, 0) is 14.4 Å². The quantitative estimate of drug-likeness (QED) is 0.543. The highest BCUT2D eigenvalue weighted by Gasteiger charge is 2.58. The van der Waals surface area contributed by atoms with Crippen LogP contribution in [0.1, 0.15) is 72.6 Å². The number of carboxylic acids is 2. The third-order valence-corrected chi connectivity index (χ3v) is 5.81. The van der Waals surface area contributed by atoms with Crippen LogP contribution in [0.4, 0.5) is 0 Å². The lowest BCUT2D eigenvalue weighted by Crippen LogP contribution is -2.68. The van der Waals surface area contributed by atoms with E-state index in [0.717, 1.165) is 19.3 Å². The van der Waals surface area contributed by atoms with Gasteiger partial charge in [0, 0.05) is 11.1 Å². The minimum absolute atomic E-state index is 0.0521. The van der Waals surface area contributed by atoms with Gasteiger partial charge in [-0.25, -0.2) is 0 Å². The zero-order chi connectivity index (χ0) is 20.6. The van der Waals surface area contributed by atoms with E-state index in [2.05, 4.69) is 0 Å². The Morgan fingerprint density at radius 3 is 2.04 bits per heavy atom. The number of aliphatic carboxylic acids is 2. The highest BCUT2D eigenvalue weighted by molar-refractivity contribution is 5.79. The lowest BCUT2D eigenvalue weighted by Gasteiger charge is -2.58. The van der Waals surface area contributed by atoms with Gasteiger partial charge in [0.25, 0.3) is 0 Å². The van der Waals surface area contributed by atoms with Crippen molar-refractivity contribution in [1.29, 1.82) is 0 Å². The number of carboxylic acid groups (broad SMARTS) is 2. The summed E-state index contributed by atoms with van der Waals surface area (Å²) in [7, 11) is 0. The molecule has 0 radical (unpaired) electrons. The Morgan fingerprint density at radius 2 is 1.59 bits per heavy atom. The van der Waals surface area contributed by atoms with E-state index in [4.69, 9.17) is 9.94 Å². The Labute approximate surface area is 160 Å². The van der Waals surface area contributed by atoms with Crippen molar-refractivity contribution in [2.24, 2.45) is 5.92 Å². The first-order chi connectivity index (χ1) is 12.3. The molecule has 0 bridgehead atoms. The molecular weight excluding hydrogens is 354 g/mol. The second-order valence-electron chi connectivity index (χ2n) is 9.36. The van der Waals surface area contributed by atoms with Crippen molar-refractivity contribution in [3.63, 3.8) is 0 Å². The molecule has 1 aliphatic heterocycles. The normalized spacial score (nSPS) is 31.2. The first kappa shape index (κ1) is 22.1. The van der Waals surface area contributed by atoms with Crippen LogP contribution in [0.3, 0.4) is 0 Å². The second-order valence-corrected chi connectivity index (χ2v) is 9.36. The summed E-state index contributed by atoms with van der Waals surface area (Å²) >= 11 is 0. The first-order valence-electron chi connectivity index (χ1n) is 9.61. The van der Waals surface area contributed by atoms with E-state index in [-0.39, 0.29) is 18.9 Å². The molecule has 156 valence electrons. The Balaban J connectivity index is 2.28. The zero-order valence-corrected chi connectivity index (χ0v) is 16.6. The smallest absolute Gasteiger partial charge is 0.310 e. The molecule has 1 heterocycles. The van der Waals surface area contributed by atoms with Crippen molar-refractivity contribution in [3.8, 4) is 0 Å². The molecule has 1 saturated heterocycles. The summed E-state index contributed by atoms with van der Waals surface area (Å²) in [4.78, 5) is 29.0. The average molecular weight is 387 g/mol. The van der Waals surface area contributed by atoms with Gasteiger partial charge in [-0.3, -0.25) is 14.4 Å². The molecule has 0 spiro atoms. The lowest BCUT2D eigenvalue weighted by molar-refractivity contribution is -0.341. The highest BCUT2D eigenvalue weighted by atomic mass is 16.7. The summed E-state index contributed by atoms with van der Waals surface area (Å²) < 4.78 is 0. The van der Waals surface area contributed by atoms with E-state index in [1.54, 1.807) is 5.06 Å². The van der Waals surface area contributed by atoms with Gasteiger partial charge in [0.2, 0.25) is 0 Å². The highest BCUT2D eigenvalue weighted by Crippen LogP contribution is 2.48. The fourth-order valence-corrected chi connectivity index (χ4v) is 5.07. The third-order valence-electron chi connectivity index (χ3n) is 5.81. The van der Waals surface area contributed by atoms with Crippen molar-refractivity contribution < 1.29 is 34.9 Å². The third kappa shape index (κ3) is 4.80. The SMILES string of the molecule is CC1(C)CC(O)(C(CC(=O)O)C(=O)O)CC(C)(C)N1OC1CCCCC1O. The van der Waals surface area contributed by atoms with Gasteiger partial charge in [0.1, 0.15) is 6.10 Å². The predicted molar refractivity (Wildman–Crippen MR) is 96.9 cm³/mol. The number of hydroxylamine groups is 2.